The first-order valence-electron chi connectivity index (χ1n) is 6.82. The first kappa shape index (κ1) is 13.3. The number of likely N-dealkylation sites (tertiary alicyclic amines) is 2. The van der Waals surface area contributed by atoms with Gasteiger partial charge in [-0.3, -0.25) is 9.80 Å². The van der Waals surface area contributed by atoms with Crippen LogP contribution in [0.15, 0.2) is 0 Å². The number of nitrogens with zero attached hydrogens (tertiary/aromatic N) is 2. The highest BCUT2D eigenvalue weighted by Crippen LogP contribution is 2.28. The van der Waals surface area contributed by atoms with Gasteiger partial charge in [-0.1, -0.05) is 0 Å². The predicted molar refractivity (Wildman–Crippen MR) is 71.3 cm³/mol. The Morgan fingerprint density at radius 3 is 1.24 bits per heavy atom. The van der Waals surface area contributed by atoms with E-state index in [2.05, 4.69) is 51.3 Å². The van der Waals surface area contributed by atoms with Gasteiger partial charge in [-0.15, -0.1) is 0 Å². The third-order valence-electron chi connectivity index (χ3n) is 3.98. The number of hydrogen-bond donors (Lipinski definition) is 0. The van der Waals surface area contributed by atoms with Gasteiger partial charge in [0.2, 0.25) is 0 Å². The van der Waals surface area contributed by atoms with Crippen molar-refractivity contribution >= 4 is 0 Å². The Hall–Kier alpha value is -0.120. The van der Waals surface area contributed by atoms with Gasteiger partial charge in [0, 0.05) is 37.3 Å². The molecule has 100 valence electrons. The van der Waals surface area contributed by atoms with E-state index in [1.165, 1.54) is 0 Å². The maximum atomic E-state index is 6.09. The largest absolute Gasteiger partial charge is 0.370 e. The van der Waals surface area contributed by atoms with Crippen molar-refractivity contribution in [3.63, 3.8) is 0 Å². The molecule has 0 bridgehead atoms. The molecule has 0 aromatic heterocycles. The van der Waals surface area contributed by atoms with Gasteiger partial charge in [-0.2, -0.15) is 0 Å². The second-order valence-electron chi connectivity index (χ2n) is 7.53. The average Bonchev–Trinajstić information content (AvgIpc) is 1.91. The summed E-state index contributed by atoms with van der Waals surface area (Å²) >= 11 is 0. The number of rotatable bonds is 2. The molecule has 2 heterocycles. The smallest absolute Gasteiger partial charge is 0.0834 e. The monoisotopic (exact) mass is 240 g/mol. The summed E-state index contributed by atoms with van der Waals surface area (Å²) in [6.07, 6.45) is 0.947. The lowest BCUT2D eigenvalue weighted by Crippen LogP contribution is -2.65. The third kappa shape index (κ3) is 3.01. The van der Waals surface area contributed by atoms with Gasteiger partial charge in [0.25, 0.3) is 0 Å². The first-order valence-corrected chi connectivity index (χ1v) is 6.82. The normalized spacial score (nSPS) is 25.8. The lowest BCUT2D eigenvalue weighted by molar-refractivity contribution is -0.167. The average molecular weight is 240 g/mol. The van der Waals surface area contributed by atoms with Crippen LogP contribution in [-0.2, 0) is 4.74 Å². The minimum absolute atomic E-state index is 0.302. The Morgan fingerprint density at radius 2 is 1.00 bits per heavy atom. The highest BCUT2D eigenvalue weighted by molar-refractivity contribution is 4.94. The lowest BCUT2D eigenvalue weighted by Gasteiger charge is -2.52. The third-order valence-corrected chi connectivity index (χ3v) is 3.98. The highest BCUT2D eigenvalue weighted by Gasteiger charge is 2.40. The quantitative estimate of drug-likeness (QED) is 0.734. The fourth-order valence-corrected chi connectivity index (χ4v) is 2.42. The van der Waals surface area contributed by atoms with Crippen LogP contribution in [0.2, 0.25) is 0 Å². The molecule has 0 aromatic rings. The zero-order chi connectivity index (χ0) is 12.8. The van der Waals surface area contributed by atoms with Gasteiger partial charge in [0.15, 0.2) is 0 Å². The van der Waals surface area contributed by atoms with Crippen LogP contribution in [0.4, 0.5) is 0 Å². The molecule has 0 radical (unpaired) electrons. The van der Waals surface area contributed by atoms with Crippen LogP contribution in [0, 0.1) is 0 Å². The van der Waals surface area contributed by atoms with Crippen molar-refractivity contribution in [1.82, 2.24) is 9.80 Å². The Bertz CT molecular complexity index is 237. The molecule has 2 rings (SSSR count). The molecule has 2 fully saturated rings. The standard InChI is InChI=1S/C14H28N2O/c1-13(2,3)15-7-11(8-15)17-12-9-16(10-12)14(4,5)6/h11-12H,7-10H2,1-6H3. The van der Waals surface area contributed by atoms with E-state index >= 15 is 0 Å². The molecule has 0 aromatic carbocycles. The zero-order valence-corrected chi connectivity index (χ0v) is 12.3. The van der Waals surface area contributed by atoms with Gasteiger partial charge in [-0.05, 0) is 41.5 Å². The van der Waals surface area contributed by atoms with Crippen molar-refractivity contribution in [2.45, 2.75) is 64.8 Å². The van der Waals surface area contributed by atoms with Gasteiger partial charge >= 0.3 is 0 Å². The Labute approximate surface area is 106 Å². The summed E-state index contributed by atoms with van der Waals surface area (Å²) in [4.78, 5) is 4.97. The molecule has 0 amide bonds. The van der Waals surface area contributed by atoms with Gasteiger partial charge < -0.3 is 4.74 Å². The first-order chi connectivity index (χ1) is 7.66. The summed E-state index contributed by atoms with van der Waals surface area (Å²) in [5, 5.41) is 0. The molecule has 0 saturated carbocycles. The minimum atomic E-state index is 0.302. The van der Waals surface area contributed by atoms with E-state index in [-0.39, 0.29) is 0 Å². The van der Waals surface area contributed by atoms with E-state index in [1.807, 2.05) is 0 Å². The van der Waals surface area contributed by atoms with Crippen LogP contribution >= 0.6 is 0 Å². The summed E-state index contributed by atoms with van der Waals surface area (Å²) in [7, 11) is 0. The van der Waals surface area contributed by atoms with E-state index in [1.54, 1.807) is 0 Å². The number of ether oxygens (including phenoxy) is 1. The van der Waals surface area contributed by atoms with Crippen molar-refractivity contribution in [2.24, 2.45) is 0 Å². The lowest BCUT2D eigenvalue weighted by atomic mass is 9.97. The minimum Gasteiger partial charge on any atom is -0.370 e. The van der Waals surface area contributed by atoms with Crippen molar-refractivity contribution in [3.8, 4) is 0 Å². The molecule has 0 atom stereocenters. The van der Waals surface area contributed by atoms with Crippen molar-refractivity contribution in [3.05, 3.63) is 0 Å². The van der Waals surface area contributed by atoms with Crippen LogP contribution < -0.4 is 0 Å². The molecule has 0 aliphatic carbocycles. The van der Waals surface area contributed by atoms with Crippen LogP contribution in [0.1, 0.15) is 41.5 Å². The van der Waals surface area contributed by atoms with Crippen molar-refractivity contribution < 1.29 is 4.74 Å². The maximum absolute atomic E-state index is 6.09. The van der Waals surface area contributed by atoms with Gasteiger partial charge in [-0.25, -0.2) is 0 Å². The molecule has 3 heteroatoms. The summed E-state index contributed by atoms with van der Waals surface area (Å²) < 4.78 is 6.09. The van der Waals surface area contributed by atoms with E-state index in [9.17, 15) is 0 Å². The topological polar surface area (TPSA) is 15.7 Å². The summed E-state index contributed by atoms with van der Waals surface area (Å²) in [6, 6.07) is 0. The van der Waals surface area contributed by atoms with E-state index in [0.29, 0.717) is 23.3 Å². The van der Waals surface area contributed by atoms with Crippen molar-refractivity contribution in [1.29, 1.82) is 0 Å². The van der Waals surface area contributed by atoms with Crippen LogP contribution in [0.5, 0.6) is 0 Å². The molecule has 3 nitrogen and oxygen atoms in total. The molecule has 0 N–H and O–H groups in total. The Kier molecular flexibility index (Phi) is 3.30. The van der Waals surface area contributed by atoms with E-state index in [0.717, 1.165) is 26.2 Å². The van der Waals surface area contributed by atoms with E-state index in [4.69, 9.17) is 4.74 Å². The Balaban J connectivity index is 1.64. The van der Waals surface area contributed by atoms with Crippen LogP contribution in [0.25, 0.3) is 0 Å². The SMILES string of the molecule is CC(C)(C)N1CC(OC2CN(C(C)(C)C)C2)C1. The zero-order valence-electron chi connectivity index (χ0n) is 12.3. The van der Waals surface area contributed by atoms with Gasteiger partial charge in [0.1, 0.15) is 0 Å². The molecular weight excluding hydrogens is 212 g/mol. The van der Waals surface area contributed by atoms with E-state index < -0.39 is 0 Å². The van der Waals surface area contributed by atoms with Gasteiger partial charge in [0.05, 0.1) is 12.2 Å². The number of hydrogen-bond acceptors (Lipinski definition) is 3. The molecular formula is C14H28N2O. The second kappa shape index (κ2) is 4.22. The predicted octanol–water partition coefficient (Wildman–Crippen LogP) is 1.97. The maximum Gasteiger partial charge on any atom is 0.0834 e. The second-order valence-corrected chi connectivity index (χ2v) is 7.53. The summed E-state index contributed by atoms with van der Waals surface area (Å²) in [5.74, 6) is 0. The van der Waals surface area contributed by atoms with Crippen LogP contribution in [-0.4, -0.2) is 59.3 Å². The molecule has 0 unspecified atom stereocenters. The molecule has 2 aliphatic heterocycles. The molecule has 17 heavy (non-hydrogen) atoms. The molecule has 2 saturated heterocycles. The van der Waals surface area contributed by atoms with Crippen LogP contribution in [0.3, 0.4) is 0 Å². The van der Waals surface area contributed by atoms with Crippen molar-refractivity contribution in [2.75, 3.05) is 26.2 Å². The fraction of sp³-hybridized carbons (Fsp3) is 1.00. The Morgan fingerprint density at radius 1 is 0.706 bits per heavy atom. The summed E-state index contributed by atoms with van der Waals surface area (Å²) in [6.45, 7) is 18.1. The summed E-state index contributed by atoms with van der Waals surface area (Å²) in [5.41, 5.74) is 0.605. The fourth-order valence-electron chi connectivity index (χ4n) is 2.42. The molecule has 2 aliphatic rings. The highest BCUT2D eigenvalue weighted by atomic mass is 16.5. The molecule has 0 spiro atoms.